The molecule has 78 valence electrons. The van der Waals surface area contributed by atoms with E-state index in [0.717, 1.165) is 25.7 Å². The number of halogens is 1. The third kappa shape index (κ3) is 18.6. The SMILES string of the molecule is [CH2][CH][CH]CC[CH][CH]CC[CH][CH][CH2].[Cl-].[Ru+4]. The minimum Gasteiger partial charge on any atom is -1.00 e. The molecule has 14 heavy (non-hydrogen) atoms. The third-order valence-corrected chi connectivity index (χ3v) is 1.50. The van der Waals surface area contributed by atoms with Gasteiger partial charge in [-0.1, -0.05) is 0 Å². The second kappa shape index (κ2) is 19.5. The molecule has 8 radical (unpaired) electrons. The van der Waals surface area contributed by atoms with Crippen LogP contribution in [0.5, 0.6) is 0 Å². The van der Waals surface area contributed by atoms with Crippen LogP contribution < -0.4 is 12.4 Å². The molecule has 0 saturated heterocycles. The van der Waals surface area contributed by atoms with E-state index in [0.29, 0.717) is 0 Å². The Labute approximate surface area is 110 Å². The average molecular weight is 299 g/mol. The van der Waals surface area contributed by atoms with Crippen molar-refractivity contribution in [3.63, 3.8) is 0 Å². The molecule has 0 aromatic heterocycles. The van der Waals surface area contributed by atoms with E-state index in [4.69, 9.17) is 0 Å². The Morgan fingerprint density at radius 3 is 1.21 bits per heavy atom. The largest absolute Gasteiger partial charge is 4.00 e. The van der Waals surface area contributed by atoms with Crippen molar-refractivity contribution in [3.05, 3.63) is 52.4 Å². The first-order valence-corrected chi connectivity index (χ1v) is 4.45. The summed E-state index contributed by atoms with van der Waals surface area (Å²) in [4.78, 5) is 0. The summed E-state index contributed by atoms with van der Waals surface area (Å²) in [6.45, 7) is 7.25. The fourth-order valence-electron chi connectivity index (χ4n) is 0.856. The van der Waals surface area contributed by atoms with Gasteiger partial charge in [0, 0.05) is 0 Å². The van der Waals surface area contributed by atoms with Crippen molar-refractivity contribution in [2.75, 3.05) is 0 Å². The summed E-state index contributed by atoms with van der Waals surface area (Å²) >= 11 is 0. The molecule has 0 amide bonds. The molecule has 0 N–H and O–H groups in total. The van der Waals surface area contributed by atoms with Crippen LogP contribution in [0.15, 0.2) is 0 Å². The first kappa shape index (κ1) is 20.3. The zero-order chi connectivity index (χ0) is 9.07. The van der Waals surface area contributed by atoms with Crippen LogP contribution in [0, 0.1) is 52.4 Å². The van der Waals surface area contributed by atoms with Gasteiger partial charge >= 0.3 is 19.5 Å². The van der Waals surface area contributed by atoms with Crippen LogP contribution in [0.3, 0.4) is 0 Å². The van der Waals surface area contributed by atoms with Crippen LogP contribution in [-0.2, 0) is 19.5 Å². The van der Waals surface area contributed by atoms with Crippen molar-refractivity contribution in [1.82, 2.24) is 0 Å². The maximum Gasteiger partial charge on any atom is 4.00 e. The van der Waals surface area contributed by atoms with Gasteiger partial charge in [0.25, 0.3) is 0 Å². The zero-order valence-corrected chi connectivity index (χ0v) is 10.9. The molecule has 2 heteroatoms. The number of rotatable bonds is 9. The second-order valence-electron chi connectivity index (χ2n) is 2.57. The van der Waals surface area contributed by atoms with Crippen LogP contribution >= 0.6 is 0 Å². The molecular formula is C12H18ClRu+3. The molecule has 0 aliphatic rings. The summed E-state index contributed by atoms with van der Waals surface area (Å²) < 4.78 is 0. The van der Waals surface area contributed by atoms with Crippen LogP contribution in [-0.4, -0.2) is 0 Å². The van der Waals surface area contributed by atoms with Gasteiger partial charge in [-0.2, -0.15) is 0 Å². The van der Waals surface area contributed by atoms with Crippen LogP contribution in [0.4, 0.5) is 0 Å². The molecule has 0 aromatic carbocycles. The topological polar surface area (TPSA) is 0 Å². The molecule has 0 aromatic rings. The van der Waals surface area contributed by atoms with E-state index in [1.165, 1.54) is 0 Å². The molecule has 0 atom stereocenters. The molecule has 0 fully saturated rings. The molecular weight excluding hydrogens is 281 g/mol. The Kier molecular flexibility index (Phi) is 28.3. The maximum absolute atomic E-state index is 3.62. The Morgan fingerprint density at radius 1 is 0.643 bits per heavy atom. The monoisotopic (exact) mass is 299 g/mol. The van der Waals surface area contributed by atoms with E-state index in [2.05, 4.69) is 39.5 Å². The maximum atomic E-state index is 3.62. The molecule has 0 rings (SSSR count). The van der Waals surface area contributed by atoms with Crippen molar-refractivity contribution in [2.24, 2.45) is 0 Å². The Hall–Kier alpha value is 0.913. The van der Waals surface area contributed by atoms with Gasteiger partial charge in [-0.25, -0.2) is 0 Å². The fourth-order valence-corrected chi connectivity index (χ4v) is 0.856. The summed E-state index contributed by atoms with van der Waals surface area (Å²) in [7, 11) is 0. The van der Waals surface area contributed by atoms with Crippen LogP contribution in [0.25, 0.3) is 0 Å². The van der Waals surface area contributed by atoms with Gasteiger partial charge in [-0.05, 0) is 78.1 Å². The molecule has 0 nitrogen and oxygen atoms in total. The van der Waals surface area contributed by atoms with Crippen molar-refractivity contribution >= 4 is 0 Å². The normalized spacial score (nSPS) is 9.00. The van der Waals surface area contributed by atoms with E-state index >= 15 is 0 Å². The first-order chi connectivity index (χ1) is 5.91. The fraction of sp³-hybridized carbons (Fsp3) is 0.333. The number of unbranched alkanes of at least 4 members (excludes halogenated alkanes) is 9. The van der Waals surface area contributed by atoms with Crippen LogP contribution in [0.2, 0.25) is 0 Å². The summed E-state index contributed by atoms with van der Waals surface area (Å²) in [5, 5.41) is 0. The molecule has 0 saturated carbocycles. The van der Waals surface area contributed by atoms with E-state index in [9.17, 15) is 0 Å². The molecule has 0 heterocycles. The van der Waals surface area contributed by atoms with E-state index < -0.39 is 0 Å². The Balaban J connectivity index is -0.000000605. The minimum atomic E-state index is 0. The average Bonchev–Trinajstić information content (AvgIpc) is 2.10. The molecule has 0 aliphatic heterocycles. The van der Waals surface area contributed by atoms with Gasteiger partial charge in [-0.3, -0.25) is 0 Å². The van der Waals surface area contributed by atoms with Crippen molar-refractivity contribution in [3.8, 4) is 0 Å². The third-order valence-electron chi connectivity index (χ3n) is 1.50. The molecule has 0 unspecified atom stereocenters. The summed E-state index contributed by atoms with van der Waals surface area (Å²) in [6.07, 6.45) is 16.8. The minimum absolute atomic E-state index is 0. The summed E-state index contributed by atoms with van der Waals surface area (Å²) in [6, 6.07) is 0. The number of hydrogen-bond donors (Lipinski definition) is 0. The van der Waals surface area contributed by atoms with Gasteiger partial charge in [0.15, 0.2) is 0 Å². The van der Waals surface area contributed by atoms with Crippen LogP contribution in [0.1, 0.15) is 25.7 Å². The molecule has 0 spiro atoms. The summed E-state index contributed by atoms with van der Waals surface area (Å²) in [5.41, 5.74) is 0. The predicted molar refractivity (Wildman–Crippen MR) is 55.0 cm³/mol. The quantitative estimate of drug-likeness (QED) is 0.428. The second-order valence-corrected chi connectivity index (χ2v) is 2.57. The predicted octanol–water partition coefficient (Wildman–Crippen LogP) is 0.442. The molecule has 0 bridgehead atoms. The Morgan fingerprint density at radius 2 is 0.929 bits per heavy atom. The smallest absolute Gasteiger partial charge is 1.00 e. The van der Waals surface area contributed by atoms with E-state index in [1.807, 2.05) is 12.8 Å². The van der Waals surface area contributed by atoms with Crippen molar-refractivity contribution < 1.29 is 31.9 Å². The van der Waals surface area contributed by atoms with E-state index in [-0.39, 0.29) is 31.9 Å². The Bertz CT molecular complexity index is 66.7. The number of hydrogen-bond acceptors (Lipinski definition) is 0. The standard InChI is InChI=1S/C12H18.ClH.Ru/c1-3-5-7-9-11-12-10-8-6-4-2;;/h3-6,11-12H,1-2,7-10H2;1H;/q;;+4/p-1. The van der Waals surface area contributed by atoms with E-state index in [1.54, 1.807) is 0 Å². The van der Waals surface area contributed by atoms with Gasteiger partial charge in [-0.15, -0.1) is 0 Å². The van der Waals surface area contributed by atoms with Gasteiger partial charge in [0.2, 0.25) is 0 Å². The van der Waals surface area contributed by atoms with Crippen molar-refractivity contribution in [1.29, 1.82) is 0 Å². The summed E-state index contributed by atoms with van der Waals surface area (Å²) in [5.74, 6) is 0. The first-order valence-electron chi connectivity index (χ1n) is 4.45. The van der Waals surface area contributed by atoms with Crippen molar-refractivity contribution in [2.45, 2.75) is 25.7 Å². The van der Waals surface area contributed by atoms with Gasteiger partial charge in [0.1, 0.15) is 0 Å². The van der Waals surface area contributed by atoms with Gasteiger partial charge in [0.05, 0.1) is 0 Å². The molecule has 0 aliphatic carbocycles. The van der Waals surface area contributed by atoms with Gasteiger partial charge < -0.3 is 12.4 Å². The zero-order valence-electron chi connectivity index (χ0n) is 8.44.